The fourth-order valence-electron chi connectivity index (χ4n) is 4.38. The molecular weight excluding hydrogens is 319 g/mol. The third-order valence-corrected chi connectivity index (χ3v) is 5.64. The number of hydrogen-bond donors (Lipinski definition) is 1. The van der Waals surface area contributed by atoms with Crippen molar-refractivity contribution in [2.75, 3.05) is 39.9 Å². The second kappa shape index (κ2) is 7.20. The number of nitrogens with one attached hydrogen (secondary N) is 1. The van der Waals surface area contributed by atoms with Crippen molar-refractivity contribution in [3.63, 3.8) is 0 Å². The predicted octanol–water partition coefficient (Wildman–Crippen LogP) is 2.84. The van der Waals surface area contributed by atoms with E-state index >= 15 is 0 Å². The summed E-state index contributed by atoms with van der Waals surface area (Å²) in [6.07, 6.45) is 1.87. The lowest BCUT2D eigenvalue weighted by molar-refractivity contribution is -0.177. The van der Waals surface area contributed by atoms with Crippen LogP contribution in [0.3, 0.4) is 0 Å². The Labute approximate surface area is 141 Å². The molecule has 3 aliphatic rings. The molecule has 4 nitrogen and oxygen atoms in total. The number of piperidine rings is 1. The van der Waals surface area contributed by atoms with Crippen LogP contribution >= 0.6 is 0 Å². The first-order valence-corrected chi connectivity index (χ1v) is 9.03. The maximum absolute atomic E-state index is 12.1. The van der Waals surface area contributed by atoms with Crippen LogP contribution in [-0.4, -0.2) is 62.3 Å². The monoisotopic (exact) mass is 347 g/mol. The van der Waals surface area contributed by atoms with E-state index in [0.717, 1.165) is 58.2 Å². The Hall–Kier alpha value is -0.820. The Bertz CT molecular complexity index is 452. The minimum absolute atomic E-state index is 0.0992. The average Bonchev–Trinajstić information content (AvgIpc) is 2.83. The van der Waals surface area contributed by atoms with Gasteiger partial charge in [0.15, 0.2) is 0 Å². The summed E-state index contributed by atoms with van der Waals surface area (Å²) < 4.78 is 41.3. The second-order valence-electron chi connectivity index (χ2n) is 7.65. The van der Waals surface area contributed by atoms with Crippen LogP contribution in [0.25, 0.3) is 0 Å². The van der Waals surface area contributed by atoms with Gasteiger partial charge in [-0.15, -0.1) is 0 Å². The molecule has 0 bridgehead atoms. The first-order chi connectivity index (χ1) is 11.4. The molecule has 1 saturated carbocycles. The van der Waals surface area contributed by atoms with Crippen molar-refractivity contribution in [3.8, 4) is 0 Å². The zero-order valence-corrected chi connectivity index (χ0v) is 14.4. The lowest BCUT2D eigenvalue weighted by Crippen LogP contribution is -2.43. The number of amidine groups is 1. The molecule has 1 spiro atoms. The molecule has 1 saturated heterocycles. The van der Waals surface area contributed by atoms with E-state index in [2.05, 4.69) is 17.3 Å². The highest BCUT2D eigenvalue weighted by Crippen LogP contribution is 2.36. The number of ether oxygens (including phenoxy) is 1. The summed E-state index contributed by atoms with van der Waals surface area (Å²) in [6.45, 7) is 2.18. The molecule has 0 amide bonds. The van der Waals surface area contributed by atoms with Gasteiger partial charge in [0.1, 0.15) is 12.4 Å². The summed E-state index contributed by atoms with van der Waals surface area (Å²) in [4.78, 5) is 7.44. The first-order valence-electron chi connectivity index (χ1n) is 9.03. The molecule has 0 unspecified atom stereocenters. The second-order valence-corrected chi connectivity index (χ2v) is 7.65. The molecule has 7 heteroatoms. The molecule has 1 N–H and O–H groups in total. The van der Waals surface area contributed by atoms with Crippen molar-refractivity contribution in [2.45, 2.75) is 50.2 Å². The summed E-state index contributed by atoms with van der Waals surface area (Å²) in [5.41, 5.74) is 0.0992. The maximum Gasteiger partial charge on any atom is 0.411 e. The lowest BCUT2D eigenvalue weighted by Gasteiger charge is -2.31. The molecule has 3 rings (SSSR count). The molecule has 0 radical (unpaired) electrons. The SMILES string of the molecule is CN1CC2(CCNCC2)N=C1C1CCC(COCC(F)(F)F)CC1. The number of halogens is 3. The molecule has 2 fully saturated rings. The van der Waals surface area contributed by atoms with Crippen LogP contribution in [-0.2, 0) is 4.74 Å². The van der Waals surface area contributed by atoms with Crippen molar-refractivity contribution in [2.24, 2.45) is 16.8 Å². The van der Waals surface area contributed by atoms with Crippen LogP contribution in [0.4, 0.5) is 13.2 Å². The average molecular weight is 347 g/mol. The van der Waals surface area contributed by atoms with E-state index in [1.807, 2.05) is 0 Å². The topological polar surface area (TPSA) is 36.9 Å². The van der Waals surface area contributed by atoms with Gasteiger partial charge in [-0.1, -0.05) is 0 Å². The molecule has 24 heavy (non-hydrogen) atoms. The largest absolute Gasteiger partial charge is 0.411 e. The molecule has 0 aromatic carbocycles. The number of hydrogen-bond acceptors (Lipinski definition) is 4. The van der Waals surface area contributed by atoms with Crippen LogP contribution in [0, 0.1) is 11.8 Å². The first kappa shape index (κ1) is 18.0. The Morgan fingerprint density at radius 2 is 1.88 bits per heavy atom. The van der Waals surface area contributed by atoms with Gasteiger partial charge in [-0.25, -0.2) is 0 Å². The summed E-state index contributed by atoms with van der Waals surface area (Å²) >= 11 is 0. The molecule has 2 aliphatic heterocycles. The van der Waals surface area contributed by atoms with Crippen LogP contribution in [0.15, 0.2) is 4.99 Å². The van der Waals surface area contributed by atoms with Gasteiger partial charge < -0.3 is 15.0 Å². The molecule has 138 valence electrons. The summed E-state index contributed by atoms with van der Waals surface area (Å²) in [5, 5.41) is 3.40. The molecule has 0 aromatic rings. The van der Waals surface area contributed by atoms with E-state index in [4.69, 9.17) is 9.73 Å². The standard InChI is InChI=1S/C17H28F3N3O/c1-23-11-16(6-8-21-9-7-16)22-15(23)14-4-2-13(3-5-14)10-24-12-17(18,19)20/h13-14,21H,2-12H2,1H3. The van der Waals surface area contributed by atoms with Crippen molar-refractivity contribution in [1.82, 2.24) is 10.2 Å². The van der Waals surface area contributed by atoms with Crippen LogP contribution in [0.5, 0.6) is 0 Å². The number of likely N-dealkylation sites (N-methyl/N-ethyl adjacent to an activating group) is 1. The highest BCUT2D eigenvalue weighted by molar-refractivity contribution is 5.86. The maximum atomic E-state index is 12.1. The molecular formula is C17H28F3N3O. The third-order valence-electron chi connectivity index (χ3n) is 5.64. The highest BCUT2D eigenvalue weighted by atomic mass is 19.4. The summed E-state index contributed by atoms with van der Waals surface area (Å²) in [5.74, 6) is 1.94. The summed E-state index contributed by atoms with van der Waals surface area (Å²) in [7, 11) is 2.13. The van der Waals surface area contributed by atoms with Gasteiger partial charge in [-0.3, -0.25) is 4.99 Å². The molecule has 0 atom stereocenters. The molecule has 0 aromatic heterocycles. The van der Waals surface area contributed by atoms with Gasteiger partial charge in [-0.2, -0.15) is 13.2 Å². The predicted molar refractivity (Wildman–Crippen MR) is 87.2 cm³/mol. The number of aliphatic imine (C=N–C) groups is 1. The number of alkyl halides is 3. The zero-order valence-electron chi connectivity index (χ0n) is 14.4. The van der Waals surface area contributed by atoms with Gasteiger partial charge >= 0.3 is 6.18 Å². The fourth-order valence-corrected chi connectivity index (χ4v) is 4.38. The van der Waals surface area contributed by atoms with Gasteiger partial charge in [0.05, 0.1) is 5.54 Å². The van der Waals surface area contributed by atoms with Crippen LogP contribution in [0.2, 0.25) is 0 Å². The lowest BCUT2D eigenvalue weighted by atomic mass is 9.81. The van der Waals surface area contributed by atoms with Crippen molar-refractivity contribution >= 4 is 5.84 Å². The van der Waals surface area contributed by atoms with Gasteiger partial charge in [0, 0.05) is 26.1 Å². The van der Waals surface area contributed by atoms with E-state index < -0.39 is 12.8 Å². The van der Waals surface area contributed by atoms with Gasteiger partial charge in [0.2, 0.25) is 0 Å². The smallest absolute Gasteiger partial charge is 0.372 e. The van der Waals surface area contributed by atoms with E-state index in [1.165, 1.54) is 5.84 Å². The minimum atomic E-state index is -4.22. The number of nitrogens with zero attached hydrogens (tertiary/aromatic N) is 2. The van der Waals surface area contributed by atoms with Gasteiger partial charge in [-0.05, 0) is 57.5 Å². The van der Waals surface area contributed by atoms with E-state index in [1.54, 1.807) is 0 Å². The Kier molecular flexibility index (Phi) is 5.39. The quantitative estimate of drug-likeness (QED) is 0.850. The Morgan fingerprint density at radius 1 is 1.21 bits per heavy atom. The van der Waals surface area contributed by atoms with Crippen LogP contribution in [0.1, 0.15) is 38.5 Å². The van der Waals surface area contributed by atoms with Crippen molar-refractivity contribution < 1.29 is 17.9 Å². The Balaban J connectivity index is 1.48. The zero-order chi connectivity index (χ0) is 17.2. The van der Waals surface area contributed by atoms with E-state index in [-0.39, 0.29) is 18.1 Å². The van der Waals surface area contributed by atoms with Gasteiger partial charge in [0.25, 0.3) is 0 Å². The van der Waals surface area contributed by atoms with Crippen molar-refractivity contribution in [3.05, 3.63) is 0 Å². The third kappa shape index (κ3) is 4.42. The normalized spacial score (nSPS) is 30.7. The Morgan fingerprint density at radius 3 is 2.50 bits per heavy atom. The molecule has 1 aliphatic carbocycles. The number of rotatable bonds is 4. The minimum Gasteiger partial charge on any atom is -0.372 e. The molecule has 2 heterocycles. The van der Waals surface area contributed by atoms with E-state index in [9.17, 15) is 13.2 Å². The highest BCUT2D eigenvalue weighted by Gasteiger charge is 2.41. The van der Waals surface area contributed by atoms with E-state index in [0.29, 0.717) is 5.92 Å². The van der Waals surface area contributed by atoms with Crippen LogP contribution < -0.4 is 5.32 Å². The summed E-state index contributed by atoms with van der Waals surface area (Å²) in [6, 6.07) is 0. The van der Waals surface area contributed by atoms with Crippen molar-refractivity contribution in [1.29, 1.82) is 0 Å². The fraction of sp³-hybridized carbons (Fsp3) is 0.941.